The van der Waals surface area contributed by atoms with Gasteiger partial charge in [0, 0.05) is 12.5 Å². The molecule has 0 radical (unpaired) electrons. The van der Waals surface area contributed by atoms with Crippen LogP contribution in [-0.4, -0.2) is 7.11 Å². The SMILES string of the molecule is CCC[n+]1cccc2cccc(OC)c21. The van der Waals surface area contributed by atoms with Crippen molar-refractivity contribution < 1.29 is 9.30 Å². The molecule has 15 heavy (non-hydrogen) atoms. The average molecular weight is 202 g/mol. The number of rotatable bonds is 3. The van der Waals surface area contributed by atoms with Crippen LogP contribution in [0.3, 0.4) is 0 Å². The molecule has 1 heterocycles. The summed E-state index contributed by atoms with van der Waals surface area (Å²) in [6.07, 6.45) is 3.23. The number of para-hydroxylation sites is 1. The van der Waals surface area contributed by atoms with E-state index in [0.717, 1.165) is 18.7 Å². The fourth-order valence-corrected chi connectivity index (χ4v) is 1.90. The number of methoxy groups -OCH3 is 1. The van der Waals surface area contributed by atoms with Gasteiger partial charge < -0.3 is 4.74 Å². The standard InChI is InChI=1S/C13H16NO/c1-3-9-14-10-5-7-11-6-4-8-12(15-2)13(11)14/h4-8,10H,3,9H2,1-2H3/q+1. The molecule has 2 aromatic rings. The molecule has 0 N–H and O–H groups in total. The summed E-state index contributed by atoms with van der Waals surface area (Å²) < 4.78 is 7.64. The number of aromatic nitrogens is 1. The van der Waals surface area contributed by atoms with E-state index in [1.165, 1.54) is 10.9 Å². The van der Waals surface area contributed by atoms with Gasteiger partial charge in [-0.3, -0.25) is 0 Å². The lowest BCUT2D eigenvalue weighted by Gasteiger charge is -2.04. The molecule has 1 aromatic carbocycles. The quantitative estimate of drug-likeness (QED) is 0.697. The van der Waals surface area contributed by atoms with Crippen LogP contribution in [0.15, 0.2) is 36.5 Å². The molecule has 0 fully saturated rings. The van der Waals surface area contributed by atoms with E-state index in [4.69, 9.17) is 4.74 Å². The number of fused-ring (bicyclic) bond motifs is 1. The maximum atomic E-state index is 5.39. The number of ether oxygens (including phenoxy) is 1. The van der Waals surface area contributed by atoms with E-state index in [9.17, 15) is 0 Å². The predicted octanol–water partition coefficient (Wildman–Crippen LogP) is 2.55. The van der Waals surface area contributed by atoms with Gasteiger partial charge in [-0.25, -0.2) is 0 Å². The van der Waals surface area contributed by atoms with Crippen molar-refractivity contribution in [3.8, 4) is 5.75 Å². The van der Waals surface area contributed by atoms with E-state index in [1.807, 2.05) is 12.1 Å². The van der Waals surface area contributed by atoms with Crippen LogP contribution >= 0.6 is 0 Å². The Bertz CT molecular complexity index is 460. The maximum Gasteiger partial charge on any atom is 0.254 e. The van der Waals surface area contributed by atoms with Gasteiger partial charge in [0.1, 0.15) is 6.54 Å². The van der Waals surface area contributed by atoms with Gasteiger partial charge >= 0.3 is 0 Å². The van der Waals surface area contributed by atoms with Crippen LogP contribution in [0.5, 0.6) is 5.75 Å². The second-order valence-corrected chi connectivity index (χ2v) is 3.60. The zero-order chi connectivity index (χ0) is 10.7. The first-order valence-electron chi connectivity index (χ1n) is 5.32. The molecule has 0 aliphatic heterocycles. The Morgan fingerprint density at radius 3 is 2.73 bits per heavy atom. The van der Waals surface area contributed by atoms with Crippen LogP contribution < -0.4 is 9.30 Å². The number of nitrogens with zero attached hydrogens (tertiary/aromatic N) is 1. The van der Waals surface area contributed by atoms with Crippen LogP contribution in [-0.2, 0) is 6.54 Å². The van der Waals surface area contributed by atoms with Crippen molar-refractivity contribution in [1.29, 1.82) is 0 Å². The Morgan fingerprint density at radius 2 is 2.00 bits per heavy atom. The number of hydrogen-bond donors (Lipinski definition) is 0. The van der Waals surface area contributed by atoms with Gasteiger partial charge in [0.2, 0.25) is 0 Å². The molecule has 0 spiro atoms. The van der Waals surface area contributed by atoms with E-state index in [2.05, 4.69) is 35.9 Å². The van der Waals surface area contributed by atoms with Crippen molar-refractivity contribution >= 4 is 10.9 Å². The van der Waals surface area contributed by atoms with Gasteiger partial charge in [-0.05, 0) is 18.2 Å². The summed E-state index contributed by atoms with van der Waals surface area (Å²) in [4.78, 5) is 0. The molecule has 0 amide bonds. The first-order valence-corrected chi connectivity index (χ1v) is 5.32. The smallest absolute Gasteiger partial charge is 0.254 e. The number of benzene rings is 1. The molecule has 2 nitrogen and oxygen atoms in total. The fraction of sp³-hybridized carbons (Fsp3) is 0.308. The molecule has 0 saturated carbocycles. The van der Waals surface area contributed by atoms with Crippen molar-refractivity contribution in [2.45, 2.75) is 19.9 Å². The second kappa shape index (κ2) is 4.30. The van der Waals surface area contributed by atoms with Crippen LogP contribution in [0.25, 0.3) is 10.9 Å². The summed E-state index contributed by atoms with van der Waals surface area (Å²) in [5, 5.41) is 1.23. The van der Waals surface area contributed by atoms with Gasteiger partial charge in [-0.15, -0.1) is 0 Å². The molecule has 0 aliphatic rings. The molecule has 0 bridgehead atoms. The third-order valence-corrected chi connectivity index (χ3v) is 2.54. The first-order chi connectivity index (χ1) is 7.36. The largest absolute Gasteiger partial charge is 0.490 e. The highest BCUT2D eigenvalue weighted by Crippen LogP contribution is 2.21. The van der Waals surface area contributed by atoms with E-state index >= 15 is 0 Å². The topological polar surface area (TPSA) is 13.1 Å². The Balaban J connectivity index is 2.69. The summed E-state index contributed by atoms with van der Waals surface area (Å²) in [5.41, 5.74) is 1.18. The maximum absolute atomic E-state index is 5.39. The van der Waals surface area contributed by atoms with Gasteiger partial charge in [0.25, 0.3) is 5.52 Å². The third kappa shape index (κ3) is 1.80. The first kappa shape index (κ1) is 9.97. The van der Waals surface area contributed by atoms with Crippen LogP contribution in [0.1, 0.15) is 13.3 Å². The highest BCUT2D eigenvalue weighted by atomic mass is 16.5. The summed E-state index contributed by atoms with van der Waals surface area (Å²) in [6.45, 7) is 3.21. The Labute approximate surface area is 90.1 Å². The molecule has 78 valence electrons. The van der Waals surface area contributed by atoms with E-state index in [0.29, 0.717) is 0 Å². The van der Waals surface area contributed by atoms with Gasteiger partial charge in [-0.2, -0.15) is 4.57 Å². The molecular formula is C13H16NO+. The highest BCUT2D eigenvalue weighted by molar-refractivity contribution is 5.81. The minimum absolute atomic E-state index is 0.946. The normalized spacial score (nSPS) is 10.5. The zero-order valence-electron chi connectivity index (χ0n) is 9.23. The molecule has 0 aliphatic carbocycles. The van der Waals surface area contributed by atoms with Gasteiger partial charge in [0.15, 0.2) is 11.9 Å². The zero-order valence-corrected chi connectivity index (χ0v) is 9.23. The van der Waals surface area contributed by atoms with Crippen molar-refractivity contribution in [3.63, 3.8) is 0 Å². The average Bonchev–Trinajstić information content (AvgIpc) is 2.29. The van der Waals surface area contributed by atoms with Gasteiger partial charge in [-0.1, -0.05) is 13.0 Å². The van der Waals surface area contributed by atoms with Crippen LogP contribution in [0, 0.1) is 0 Å². The van der Waals surface area contributed by atoms with Crippen LogP contribution in [0.2, 0.25) is 0 Å². The summed E-state index contributed by atoms with van der Waals surface area (Å²) in [5.74, 6) is 0.946. The van der Waals surface area contributed by atoms with E-state index in [-0.39, 0.29) is 0 Å². The third-order valence-electron chi connectivity index (χ3n) is 2.54. The predicted molar refractivity (Wildman–Crippen MR) is 61.0 cm³/mol. The monoisotopic (exact) mass is 202 g/mol. The number of hydrogen-bond acceptors (Lipinski definition) is 1. The van der Waals surface area contributed by atoms with Crippen molar-refractivity contribution in [3.05, 3.63) is 36.5 Å². The molecule has 0 saturated heterocycles. The van der Waals surface area contributed by atoms with Crippen molar-refractivity contribution in [2.75, 3.05) is 7.11 Å². The molecule has 2 heteroatoms. The summed E-state index contributed by atoms with van der Waals surface area (Å²) >= 11 is 0. The second-order valence-electron chi connectivity index (χ2n) is 3.60. The minimum atomic E-state index is 0.946. The van der Waals surface area contributed by atoms with Crippen molar-refractivity contribution in [1.82, 2.24) is 0 Å². The lowest BCUT2D eigenvalue weighted by atomic mass is 10.2. The molecule has 2 rings (SSSR count). The number of pyridine rings is 1. The molecule has 1 aromatic heterocycles. The molecule has 0 unspecified atom stereocenters. The Kier molecular flexibility index (Phi) is 2.86. The molecular weight excluding hydrogens is 186 g/mol. The summed E-state index contributed by atoms with van der Waals surface area (Å²) in [7, 11) is 1.72. The van der Waals surface area contributed by atoms with Crippen molar-refractivity contribution in [2.24, 2.45) is 0 Å². The molecule has 0 atom stereocenters. The van der Waals surface area contributed by atoms with E-state index in [1.54, 1.807) is 7.11 Å². The minimum Gasteiger partial charge on any atom is -0.490 e. The lowest BCUT2D eigenvalue weighted by molar-refractivity contribution is -0.671. The lowest BCUT2D eigenvalue weighted by Crippen LogP contribution is -2.33. The van der Waals surface area contributed by atoms with Gasteiger partial charge in [0.05, 0.1) is 12.5 Å². The fourth-order valence-electron chi connectivity index (χ4n) is 1.90. The van der Waals surface area contributed by atoms with E-state index < -0.39 is 0 Å². The van der Waals surface area contributed by atoms with Crippen LogP contribution in [0.4, 0.5) is 0 Å². The Morgan fingerprint density at radius 1 is 1.20 bits per heavy atom. The number of aryl methyl sites for hydroxylation is 1. The Hall–Kier alpha value is -1.57. The highest BCUT2D eigenvalue weighted by Gasteiger charge is 2.12. The summed E-state index contributed by atoms with van der Waals surface area (Å²) in [6, 6.07) is 10.3.